The number of carbonyl (C=O) groups is 2. The molecule has 10 nitrogen and oxygen atoms in total. The van der Waals surface area contributed by atoms with Crippen LogP contribution < -0.4 is 21.3 Å². The van der Waals surface area contributed by atoms with Crippen LogP contribution in [0.3, 0.4) is 0 Å². The van der Waals surface area contributed by atoms with E-state index in [1.54, 1.807) is 19.2 Å². The quantitative estimate of drug-likeness (QED) is 0.276. The first-order chi connectivity index (χ1) is 19.4. The molecular weight excluding hydrogens is 506 g/mol. The number of amides is 2. The minimum Gasteiger partial charge on any atom is -0.399 e. The van der Waals surface area contributed by atoms with Crippen LogP contribution in [0.4, 0.5) is 11.6 Å². The van der Waals surface area contributed by atoms with E-state index in [4.69, 9.17) is 15.5 Å². The number of hydrogen-bond donors (Lipinski definition) is 3. The molecule has 3 aromatic rings. The van der Waals surface area contributed by atoms with Crippen molar-refractivity contribution >= 4 is 23.5 Å². The Morgan fingerprint density at radius 3 is 2.40 bits per heavy atom. The third-order valence-electron chi connectivity index (χ3n) is 7.81. The van der Waals surface area contributed by atoms with Gasteiger partial charge in [0, 0.05) is 30.9 Å². The monoisotopic (exact) mass is 543 g/mol. The number of nitrogens with two attached hydrogens (primary N) is 1. The SMILES string of the molecule is COCCNC(=O)[C@@H]1C[C@@H]2CCCC[C@@H]2N1c1nc(C)nc(CNC(=O)c2ccc(-c3ccc(N)cc3)cc2)n1. The van der Waals surface area contributed by atoms with Crippen molar-refractivity contribution in [2.45, 2.75) is 57.7 Å². The fraction of sp³-hybridized carbons (Fsp3) is 0.433. The Bertz CT molecular complexity index is 1330. The molecule has 40 heavy (non-hydrogen) atoms. The van der Waals surface area contributed by atoms with Crippen LogP contribution >= 0.6 is 0 Å². The number of aromatic nitrogens is 3. The van der Waals surface area contributed by atoms with Gasteiger partial charge in [-0.15, -0.1) is 0 Å². The van der Waals surface area contributed by atoms with Gasteiger partial charge in [-0.3, -0.25) is 9.59 Å². The first-order valence-electron chi connectivity index (χ1n) is 13.9. The molecule has 0 unspecified atom stereocenters. The van der Waals surface area contributed by atoms with E-state index >= 15 is 0 Å². The van der Waals surface area contributed by atoms with Crippen molar-refractivity contribution in [3.8, 4) is 11.1 Å². The van der Waals surface area contributed by atoms with Gasteiger partial charge in [-0.1, -0.05) is 37.1 Å². The number of methoxy groups -OCH3 is 1. The molecule has 3 atom stereocenters. The zero-order valence-electron chi connectivity index (χ0n) is 23.1. The highest BCUT2D eigenvalue weighted by Crippen LogP contribution is 2.41. The zero-order chi connectivity index (χ0) is 28.1. The number of nitrogen functional groups attached to an aromatic ring is 1. The molecule has 1 aromatic heterocycles. The van der Waals surface area contributed by atoms with Gasteiger partial charge in [0.05, 0.1) is 13.2 Å². The molecule has 2 amide bonds. The molecule has 2 fully saturated rings. The van der Waals surface area contributed by atoms with Gasteiger partial charge in [-0.2, -0.15) is 9.97 Å². The normalized spacial score (nSPS) is 20.1. The molecule has 0 spiro atoms. The van der Waals surface area contributed by atoms with Crippen molar-refractivity contribution in [2.75, 3.05) is 30.9 Å². The highest BCUT2D eigenvalue weighted by molar-refractivity contribution is 5.94. The van der Waals surface area contributed by atoms with E-state index in [9.17, 15) is 9.59 Å². The van der Waals surface area contributed by atoms with Crippen molar-refractivity contribution in [2.24, 2.45) is 5.92 Å². The predicted molar refractivity (Wildman–Crippen MR) is 154 cm³/mol. The molecule has 5 rings (SSSR count). The van der Waals surface area contributed by atoms with Gasteiger partial charge in [0.2, 0.25) is 11.9 Å². The molecule has 1 saturated carbocycles. The Morgan fingerprint density at radius 2 is 1.68 bits per heavy atom. The molecule has 10 heteroatoms. The van der Waals surface area contributed by atoms with Crippen LogP contribution in [0.25, 0.3) is 11.1 Å². The lowest BCUT2D eigenvalue weighted by molar-refractivity contribution is -0.122. The summed E-state index contributed by atoms with van der Waals surface area (Å²) < 4.78 is 5.10. The molecule has 0 bridgehead atoms. The maximum Gasteiger partial charge on any atom is 0.251 e. The maximum atomic E-state index is 13.2. The summed E-state index contributed by atoms with van der Waals surface area (Å²) in [5.74, 6) is 1.72. The number of anilines is 2. The van der Waals surface area contributed by atoms with Crippen LogP contribution in [0.1, 0.15) is 54.1 Å². The van der Waals surface area contributed by atoms with Gasteiger partial charge in [-0.05, 0) is 67.5 Å². The predicted octanol–water partition coefficient (Wildman–Crippen LogP) is 3.26. The van der Waals surface area contributed by atoms with Crippen LogP contribution in [0.5, 0.6) is 0 Å². The Hall–Kier alpha value is -4.05. The van der Waals surface area contributed by atoms with Gasteiger partial charge < -0.3 is 26.0 Å². The number of nitrogens with zero attached hydrogens (tertiary/aromatic N) is 4. The number of aryl methyl sites for hydroxylation is 1. The first-order valence-corrected chi connectivity index (χ1v) is 13.9. The van der Waals surface area contributed by atoms with Gasteiger partial charge in [0.1, 0.15) is 11.9 Å². The molecule has 1 saturated heterocycles. The molecule has 2 aromatic carbocycles. The average molecular weight is 544 g/mol. The number of nitrogens with one attached hydrogen (secondary N) is 2. The largest absolute Gasteiger partial charge is 0.399 e. The molecule has 2 heterocycles. The van der Waals surface area contributed by atoms with Gasteiger partial charge in [0.25, 0.3) is 5.91 Å². The summed E-state index contributed by atoms with van der Waals surface area (Å²) in [4.78, 5) is 42.0. The summed E-state index contributed by atoms with van der Waals surface area (Å²) in [5.41, 5.74) is 9.07. The Labute approximate surface area is 234 Å². The Balaban J connectivity index is 1.29. The molecule has 0 radical (unpaired) electrons. The minimum atomic E-state index is -0.339. The molecule has 1 aliphatic carbocycles. The van der Waals surface area contributed by atoms with Crippen LogP contribution in [0.2, 0.25) is 0 Å². The molecule has 4 N–H and O–H groups in total. The molecule has 2 aliphatic rings. The molecule has 210 valence electrons. The highest BCUT2D eigenvalue weighted by Gasteiger charge is 2.46. The summed E-state index contributed by atoms with van der Waals surface area (Å²) >= 11 is 0. The fourth-order valence-corrected chi connectivity index (χ4v) is 5.84. The lowest BCUT2D eigenvalue weighted by atomic mass is 9.85. The zero-order valence-corrected chi connectivity index (χ0v) is 23.1. The fourth-order valence-electron chi connectivity index (χ4n) is 5.84. The lowest BCUT2D eigenvalue weighted by Crippen LogP contribution is -2.48. The van der Waals surface area contributed by atoms with E-state index in [-0.39, 0.29) is 30.4 Å². The summed E-state index contributed by atoms with van der Waals surface area (Å²) in [6.45, 7) is 2.89. The second kappa shape index (κ2) is 12.4. The van der Waals surface area contributed by atoms with E-state index in [0.29, 0.717) is 47.9 Å². The summed E-state index contributed by atoms with van der Waals surface area (Å²) in [6, 6.07) is 14.9. The number of benzene rings is 2. The van der Waals surface area contributed by atoms with Crippen molar-refractivity contribution in [3.63, 3.8) is 0 Å². The van der Waals surface area contributed by atoms with E-state index < -0.39 is 0 Å². The standard InChI is InChI=1S/C30H37N7O3/c1-19-34-27(18-33-28(38)22-9-7-20(8-10-22)21-11-13-24(31)14-12-21)36-30(35-19)37-25-6-4-3-5-23(25)17-26(37)29(39)32-15-16-40-2/h7-14,23,25-26H,3-6,15-18,31H2,1-2H3,(H,32,39)(H,33,38)/t23-,25-,26-/m0/s1. The maximum absolute atomic E-state index is 13.2. The van der Waals surface area contributed by atoms with Crippen LogP contribution in [0.15, 0.2) is 48.5 Å². The summed E-state index contributed by atoms with van der Waals surface area (Å²) in [5, 5.41) is 5.93. The number of ether oxygens (including phenoxy) is 1. The van der Waals surface area contributed by atoms with Crippen molar-refractivity contribution in [3.05, 3.63) is 65.7 Å². The summed E-state index contributed by atoms with van der Waals surface area (Å²) in [6.07, 6.45) is 5.21. The third-order valence-corrected chi connectivity index (χ3v) is 7.81. The Kier molecular flexibility index (Phi) is 8.54. The van der Waals surface area contributed by atoms with E-state index in [0.717, 1.165) is 36.8 Å². The van der Waals surface area contributed by atoms with Crippen LogP contribution in [-0.4, -0.2) is 59.1 Å². The average Bonchev–Trinajstić information content (AvgIpc) is 3.36. The van der Waals surface area contributed by atoms with E-state index in [2.05, 4.69) is 25.5 Å². The first kappa shape index (κ1) is 27.5. The van der Waals surface area contributed by atoms with Crippen LogP contribution in [0, 0.1) is 12.8 Å². The Morgan fingerprint density at radius 1 is 0.975 bits per heavy atom. The second-order valence-electron chi connectivity index (χ2n) is 10.5. The van der Waals surface area contributed by atoms with Crippen LogP contribution in [-0.2, 0) is 16.1 Å². The molecular formula is C30H37N7O3. The second-order valence-corrected chi connectivity index (χ2v) is 10.5. The van der Waals surface area contributed by atoms with Crippen molar-refractivity contribution in [1.29, 1.82) is 0 Å². The van der Waals surface area contributed by atoms with Crippen molar-refractivity contribution < 1.29 is 14.3 Å². The lowest BCUT2D eigenvalue weighted by Gasteiger charge is -2.33. The third kappa shape index (κ3) is 6.22. The highest BCUT2D eigenvalue weighted by atomic mass is 16.5. The molecule has 1 aliphatic heterocycles. The number of hydrogen-bond acceptors (Lipinski definition) is 8. The van der Waals surface area contributed by atoms with E-state index in [1.807, 2.05) is 43.3 Å². The van der Waals surface area contributed by atoms with E-state index in [1.165, 1.54) is 6.42 Å². The van der Waals surface area contributed by atoms with Crippen molar-refractivity contribution in [1.82, 2.24) is 25.6 Å². The topological polar surface area (TPSA) is 135 Å². The van der Waals surface area contributed by atoms with Gasteiger partial charge in [0.15, 0.2) is 5.82 Å². The smallest absolute Gasteiger partial charge is 0.251 e. The number of fused-ring (bicyclic) bond motifs is 1. The van der Waals surface area contributed by atoms with Gasteiger partial charge >= 0.3 is 0 Å². The van der Waals surface area contributed by atoms with Gasteiger partial charge in [-0.25, -0.2) is 4.98 Å². The summed E-state index contributed by atoms with van der Waals surface area (Å²) in [7, 11) is 1.62. The number of carbonyl (C=O) groups excluding carboxylic acids is 2. The number of rotatable bonds is 9. The minimum absolute atomic E-state index is 0.0261.